The maximum atomic E-state index is 12.9. The van der Waals surface area contributed by atoms with Crippen LogP contribution in [0.25, 0.3) is 16.9 Å². The number of carbonyl (C=O) groups excluding carboxylic acids is 1. The quantitative estimate of drug-likeness (QED) is 0.729. The largest absolute Gasteiger partial charge is 0.368 e. The second-order valence-corrected chi connectivity index (χ2v) is 6.59. The average Bonchev–Trinajstić information content (AvgIpc) is 3.21. The summed E-state index contributed by atoms with van der Waals surface area (Å²) in [6, 6.07) is 7.42. The van der Waals surface area contributed by atoms with Crippen molar-refractivity contribution in [3.05, 3.63) is 40.8 Å². The first-order chi connectivity index (χ1) is 11.6. The van der Waals surface area contributed by atoms with Gasteiger partial charge in [-0.25, -0.2) is 9.97 Å². The molecule has 1 aromatic carbocycles. The highest BCUT2D eigenvalue weighted by molar-refractivity contribution is 9.10. The Morgan fingerprint density at radius 1 is 1.17 bits per heavy atom. The lowest BCUT2D eigenvalue weighted by atomic mass is 10.3. The molecule has 0 spiro atoms. The van der Waals surface area contributed by atoms with E-state index in [2.05, 4.69) is 30.9 Å². The molecule has 0 atom stereocenters. The Morgan fingerprint density at radius 2 is 1.96 bits per heavy atom. The second kappa shape index (κ2) is 5.86. The van der Waals surface area contributed by atoms with Crippen molar-refractivity contribution in [1.82, 2.24) is 24.4 Å². The molecule has 7 nitrogen and oxygen atoms in total. The number of carbonyl (C=O) groups is 1. The van der Waals surface area contributed by atoms with E-state index < -0.39 is 0 Å². The molecule has 0 radical (unpaired) electrons. The Bertz CT molecular complexity index is 931. The van der Waals surface area contributed by atoms with Crippen LogP contribution in [-0.2, 0) is 0 Å². The molecule has 2 aromatic heterocycles. The van der Waals surface area contributed by atoms with E-state index in [1.807, 2.05) is 23.1 Å². The second-order valence-electron chi connectivity index (χ2n) is 5.68. The maximum Gasteiger partial charge on any atom is 0.290 e. The molecule has 3 aromatic rings. The Balaban J connectivity index is 1.95. The van der Waals surface area contributed by atoms with Crippen LogP contribution in [0.5, 0.6) is 0 Å². The van der Waals surface area contributed by atoms with Gasteiger partial charge in [0.1, 0.15) is 5.82 Å². The lowest BCUT2D eigenvalue weighted by molar-refractivity contribution is 0.0779. The van der Waals surface area contributed by atoms with Crippen molar-refractivity contribution in [2.75, 3.05) is 18.8 Å². The SMILES string of the molecule is Nc1nccc(-n2c(C(=O)N3CCCC3)nc3ccc(Br)cc32)n1. The van der Waals surface area contributed by atoms with Gasteiger partial charge in [-0.2, -0.15) is 4.98 Å². The number of rotatable bonds is 2. The molecule has 3 heterocycles. The average molecular weight is 387 g/mol. The van der Waals surface area contributed by atoms with E-state index in [9.17, 15) is 4.79 Å². The van der Waals surface area contributed by atoms with Crippen molar-refractivity contribution < 1.29 is 4.79 Å². The number of hydrogen-bond acceptors (Lipinski definition) is 5. The lowest BCUT2D eigenvalue weighted by Crippen LogP contribution is -2.30. The number of hydrogen-bond donors (Lipinski definition) is 1. The highest BCUT2D eigenvalue weighted by Crippen LogP contribution is 2.25. The number of nitrogen functional groups attached to an aromatic ring is 1. The van der Waals surface area contributed by atoms with Crippen molar-refractivity contribution in [2.45, 2.75) is 12.8 Å². The van der Waals surface area contributed by atoms with Crippen LogP contribution in [0, 0.1) is 0 Å². The van der Waals surface area contributed by atoms with E-state index in [0.717, 1.165) is 41.4 Å². The summed E-state index contributed by atoms with van der Waals surface area (Å²) in [5.74, 6) is 0.953. The number of imidazole rings is 1. The minimum Gasteiger partial charge on any atom is -0.368 e. The summed E-state index contributed by atoms with van der Waals surface area (Å²) in [4.78, 5) is 27.5. The van der Waals surface area contributed by atoms with Crippen LogP contribution in [0.4, 0.5) is 5.95 Å². The summed E-state index contributed by atoms with van der Waals surface area (Å²) in [5.41, 5.74) is 7.26. The van der Waals surface area contributed by atoms with Crippen molar-refractivity contribution in [2.24, 2.45) is 0 Å². The van der Waals surface area contributed by atoms with Crippen LogP contribution >= 0.6 is 15.9 Å². The first kappa shape index (κ1) is 15.1. The van der Waals surface area contributed by atoms with Crippen molar-refractivity contribution >= 4 is 38.8 Å². The van der Waals surface area contributed by atoms with Crippen LogP contribution < -0.4 is 5.73 Å². The summed E-state index contributed by atoms with van der Waals surface area (Å²) >= 11 is 3.47. The fourth-order valence-electron chi connectivity index (χ4n) is 2.97. The first-order valence-corrected chi connectivity index (χ1v) is 8.49. The van der Waals surface area contributed by atoms with Gasteiger partial charge < -0.3 is 10.6 Å². The zero-order valence-electron chi connectivity index (χ0n) is 12.8. The standard InChI is InChI=1S/C16H15BrN6O/c17-10-3-4-11-12(9-10)23(13-5-6-19-16(18)21-13)14(20-11)15(24)22-7-1-2-8-22/h3-6,9H,1-2,7-8H2,(H2,18,19,21). The van der Waals surface area contributed by atoms with Crippen LogP contribution in [0.1, 0.15) is 23.5 Å². The number of aromatic nitrogens is 4. The zero-order valence-corrected chi connectivity index (χ0v) is 14.4. The summed E-state index contributed by atoms with van der Waals surface area (Å²) in [7, 11) is 0. The normalized spacial score (nSPS) is 14.5. The van der Waals surface area contributed by atoms with Gasteiger partial charge in [0, 0.05) is 23.8 Å². The molecular weight excluding hydrogens is 372 g/mol. The Morgan fingerprint density at radius 3 is 2.71 bits per heavy atom. The number of amides is 1. The number of halogens is 1. The van der Waals surface area contributed by atoms with Gasteiger partial charge >= 0.3 is 0 Å². The maximum absolute atomic E-state index is 12.9. The predicted molar refractivity (Wildman–Crippen MR) is 93.9 cm³/mol. The van der Waals surface area contributed by atoms with Crippen molar-refractivity contribution in [1.29, 1.82) is 0 Å². The van der Waals surface area contributed by atoms with Crippen LogP contribution in [0.3, 0.4) is 0 Å². The smallest absolute Gasteiger partial charge is 0.290 e. The Labute approximate surface area is 146 Å². The van der Waals surface area contributed by atoms with E-state index >= 15 is 0 Å². The number of nitrogens with two attached hydrogens (primary N) is 1. The molecule has 1 amide bonds. The van der Waals surface area contributed by atoms with Gasteiger partial charge in [-0.15, -0.1) is 0 Å². The summed E-state index contributed by atoms with van der Waals surface area (Å²) in [6.07, 6.45) is 3.63. The third-order valence-electron chi connectivity index (χ3n) is 4.09. The van der Waals surface area contributed by atoms with E-state index in [-0.39, 0.29) is 11.9 Å². The fraction of sp³-hybridized carbons (Fsp3) is 0.250. The van der Waals surface area contributed by atoms with E-state index in [1.165, 1.54) is 0 Å². The lowest BCUT2D eigenvalue weighted by Gasteiger charge is -2.15. The molecule has 1 aliphatic rings. The molecule has 1 fully saturated rings. The molecule has 0 aliphatic carbocycles. The zero-order chi connectivity index (χ0) is 16.7. The number of benzene rings is 1. The van der Waals surface area contributed by atoms with E-state index in [1.54, 1.807) is 16.8 Å². The van der Waals surface area contributed by atoms with E-state index in [0.29, 0.717) is 11.6 Å². The van der Waals surface area contributed by atoms with Gasteiger partial charge in [0.15, 0.2) is 0 Å². The molecule has 0 bridgehead atoms. The topological polar surface area (TPSA) is 89.9 Å². The monoisotopic (exact) mass is 386 g/mol. The van der Waals surface area contributed by atoms with Crippen LogP contribution in [-0.4, -0.2) is 43.4 Å². The van der Waals surface area contributed by atoms with Gasteiger partial charge in [0.25, 0.3) is 5.91 Å². The predicted octanol–water partition coefficient (Wildman–Crippen LogP) is 2.40. The van der Waals surface area contributed by atoms with Crippen LogP contribution in [0.15, 0.2) is 34.9 Å². The Hall–Kier alpha value is -2.48. The number of likely N-dealkylation sites (tertiary alicyclic amines) is 1. The molecule has 8 heteroatoms. The molecule has 4 rings (SSSR count). The van der Waals surface area contributed by atoms with Crippen molar-refractivity contribution in [3.63, 3.8) is 0 Å². The minimum absolute atomic E-state index is 0.0861. The summed E-state index contributed by atoms with van der Waals surface area (Å²) in [6.45, 7) is 1.52. The van der Waals surface area contributed by atoms with Crippen molar-refractivity contribution in [3.8, 4) is 5.82 Å². The summed E-state index contributed by atoms with van der Waals surface area (Å²) < 4.78 is 2.65. The number of anilines is 1. The minimum atomic E-state index is -0.0861. The molecular formula is C16H15BrN6O. The van der Waals surface area contributed by atoms with Gasteiger partial charge in [0.2, 0.25) is 11.8 Å². The van der Waals surface area contributed by atoms with Gasteiger partial charge in [-0.05, 0) is 37.1 Å². The Kier molecular flexibility index (Phi) is 3.68. The van der Waals surface area contributed by atoms with Gasteiger partial charge in [0.05, 0.1) is 11.0 Å². The number of nitrogens with zero attached hydrogens (tertiary/aromatic N) is 5. The molecule has 1 aliphatic heterocycles. The highest BCUT2D eigenvalue weighted by atomic mass is 79.9. The highest BCUT2D eigenvalue weighted by Gasteiger charge is 2.26. The third kappa shape index (κ3) is 2.52. The molecule has 2 N–H and O–H groups in total. The molecule has 1 saturated heterocycles. The van der Waals surface area contributed by atoms with Crippen LogP contribution in [0.2, 0.25) is 0 Å². The van der Waals surface area contributed by atoms with Gasteiger partial charge in [-0.3, -0.25) is 9.36 Å². The fourth-order valence-corrected chi connectivity index (χ4v) is 3.32. The molecule has 0 unspecified atom stereocenters. The third-order valence-corrected chi connectivity index (χ3v) is 4.58. The van der Waals surface area contributed by atoms with E-state index in [4.69, 9.17) is 5.73 Å². The van der Waals surface area contributed by atoms with Gasteiger partial charge in [-0.1, -0.05) is 15.9 Å². The number of fused-ring (bicyclic) bond motifs is 1. The molecule has 24 heavy (non-hydrogen) atoms. The molecule has 122 valence electrons. The first-order valence-electron chi connectivity index (χ1n) is 7.69. The summed E-state index contributed by atoms with van der Waals surface area (Å²) in [5, 5.41) is 0. The molecule has 0 saturated carbocycles.